The Labute approximate surface area is 553 Å². The van der Waals surface area contributed by atoms with Gasteiger partial charge in [0.2, 0.25) is 41.4 Å². The molecule has 0 saturated carbocycles. The first-order valence-electron chi connectivity index (χ1n) is 32.9. The third-order valence-corrected chi connectivity index (χ3v) is 16.3. The van der Waals surface area contributed by atoms with Crippen LogP contribution in [-0.2, 0) is 64.0 Å². The van der Waals surface area contributed by atoms with Gasteiger partial charge in [-0.2, -0.15) is 0 Å². The van der Waals surface area contributed by atoms with Crippen LogP contribution in [0.1, 0.15) is 181 Å². The van der Waals surface area contributed by atoms with Crippen LogP contribution in [0.3, 0.4) is 0 Å². The molecule has 0 spiro atoms. The van der Waals surface area contributed by atoms with E-state index in [-0.39, 0.29) is 132 Å². The molecule has 1 aromatic rings. The zero-order valence-corrected chi connectivity index (χ0v) is 55.9. The Hall–Kier alpha value is -7.92. The maximum atomic E-state index is 14.9. The first-order chi connectivity index (χ1) is 44.3. The van der Waals surface area contributed by atoms with Crippen LogP contribution in [0, 0.1) is 47.3 Å². The molecular formula is C65H111N15O14. The van der Waals surface area contributed by atoms with Crippen LogP contribution in [-0.4, -0.2) is 149 Å². The number of nitrogens with two attached hydrogens (primary N) is 9. The Bertz CT molecular complexity index is 2660. The Morgan fingerprint density at radius 3 is 1.30 bits per heavy atom. The summed E-state index contributed by atoms with van der Waals surface area (Å²) in [4.78, 5) is 173. The predicted octanol–water partition coefficient (Wildman–Crippen LogP) is 0.243. The molecule has 7 amide bonds. The van der Waals surface area contributed by atoms with Gasteiger partial charge in [0.05, 0.1) is 36.7 Å². The molecule has 24 N–H and O–H groups in total. The number of unbranched alkanes of at least 4 members (excludes halogenated alkanes) is 3. The van der Waals surface area contributed by atoms with E-state index in [1.165, 1.54) is 24.3 Å². The second kappa shape index (κ2) is 46.2. The molecule has 94 heavy (non-hydrogen) atoms. The zero-order valence-electron chi connectivity index (χ0n) is 55.9. The number of hydrogen-bond donors (Lipinski definition) is 15. The Morgan fingerprint density at radius 2 is 0.819 bits per heavy atom. The SMILES string of the molecule is CC(C)C[C@H](CC(=O)[C@H](CC(C)C)NC(=O)[C@H](CCCCN)CC(=O)[C@H](CCCCN=C(N)N)NC(=O)[C@@H](CC(=O)[C@H](CCC(N)=O)NC(=O)[C@H](CCC(N)=O)CC(=O)[C@@H](C)CCCN=C(N)N)Cc1ccc(O)cc1)C(=O)N[C@@H](CCCCN)C(=O)C[C@@H](CO)C(N)=O. The fourth-order valence-corrected chi connectivity index (χ4v) is 10.8. The smallest absolute Gasteiger partial charge is 0.224 e. The number of nitrogens with zero attached hydrogens (tertiary/aromatic N) is 2. The molecule has 0 aliphatic rings. The lowest BCUT2D eigenvalue weighted by atomic mass is 9.86. The molecule has 0 bridgehead atoms. The van der Waals surface area contributed by atoms with Gasteiger partial charge in [0.1, 0.15) is 11.5 Å². The molecule has 1 rings (SSSR count). The second-order valence-electron chi connectivity index (χ2n) is 25.5. The monoisotopic (exact) mass is 1330 g/mol. The quantitative estimate of drug-likeness (QED) is 0.0236. The van der Waals surface area contributed by atoms with Gasteiger partial charge in [-0.1, -0.05) is 53.2 Å². The van der Waals surface area contributed by atoms with Gasteiger partial charge in [0, 0.05) is 87.6 Å². The largest absolute Gasteiger partial charge is 0.508 e. The number of carbonyl (C=O) groups excluding carboxylic acids is 12. The average Bonchev–Trinajstić information content (AvgIpc) is 0.907. The zero-order chi connectivity index (χ0) is 71.0. The molecule has 0 aliphatic heterocycles. The molecule has 0 fully saturated rings. The number of aromatic hydroxyl groups is 1. The minimum atomic E-state index is -1.45. The lowest BCUT2D eigenvalue weighted by Crippen LogP contribution is -2.49. The predicted molar refractivity (Wildman–Crippen MR) is 357 cm³/mol. The average molecular weight is 1330 g/mol. The van der Waals surface area contributed by atoms with E-state index in [1.54, 1.807) is 6.92 Å². The number of nitrogens with one attached hydrogen (secondary N) is 4. The number of primary amides is 3. The highest BCUT2D eigenvalue weighted by molar-refractivity contribution is 5.98. The van der Waals surface area contributed by atoms with Gasteiger partial charge >= 0.3 is 0 Å². The van der Waals surface area contributed by atoms with Crippen molar-refractivity contribution in [1.82, 2.24) is 21.3 Å². The molecule has 29 heteroatoms. The van der Waals surface area contributed by atoms with Gasteiger partial charge < -0.3 is 83.1 Å². The van der Waals surface area contributed by atoms with E-state index in [4.69, 9.17) is 51.6 Å². The summed E-state index contributed by atoms with van der Waals surface area (Å²) in [6.45, 7) is 9.38. The summed E-state index contributed by atoms with van der Waals surface area (Å²) in [6.07, 6.45) is 0.446. The fraction of sp³-hybridized carbons (Fsp3) is 0.692. The Balaban J connectivity index is 3.84. The third kappa shape index (κ3) is 35.9. The van der Waals surface area contributed by atoms with Crippen LogP contribution in [0.2, 0.25) is 0 Å². The second-order valence-corrected chi connectivity index (χ2v) is 25.5. The van der Waals surface area contributed by atoms with Crippen LogP contribution >= 0.6 is 0 Å². The van der Waals surface area contributed by atoms with E-state index in [1.807, 2.05) is 27.7 Å². The number of aliphatic imine (C=N–C) groups is 2. The summed E-state index contributed by atoms with van der Waals surface area (Å²) in [7, 11) is 0. The first-order valence-corrected chi connectivity index (χ1v) is 32.9. The molecular weight excluding hydrogens is 1210 g/mol. The van der Waals surface area contributed by atoms with Crippen molar-refractivity contribution in [2.24, 2.45) is 109 Å². The van der Waals surface area contributed by atoms with Gasteiger partial charge in [-0.05, 0) is 139 Å². The number of hydrogen-bond acceptors (Lipinski definition) is 18. The fourth-order valence-electron chi connectivity index (χ4n) is 10.8. The normalized spacial score (nSPS) is 14.5. The number of phenols is 1. The highest BCUT2D eigenvalue weighted by Gasteiger charge is 2.37. The summed E-state index contributed by atoms with van der Waals surface area (Å²) in [6, 6.07) is 0.822. The molecule has 0 radical (unpaired) electrons. The minimum absolute atomic E-state index is 0.000424. The van der Waals surface area contributed by atoms with Gasteiger partial charge in [0.15, 0.2) is 35.1 Å². The maximum absolute atomic E-state index is 14.9. The number of benzene rings is 1. The molecule has 0 unspecified atom stereocenters. The molecule has 0 aromatic heterocycles. The highest BCUT2D eigenvalue weighted by atomic mass is 16.3. The number of Topliss-reactive ketones (excluding diaryl/α,β-unsaturated/α-hetero) is 5. The molecule has 10 atom stereocenters. The van der Waals surface area contributed by atoms with Crippen molar-refractivity contribution >= 4 is 82.2 Å². The topological polar surface area (TPSA) is 552 Å². The van der Waals surface area contributed by atoms with E-state index in [2.05, 4.69) is 31.3 Å². The van der Waals surface area contributed by atoms with Crippen LogP contribution in [0.25, 0.3) is 0 Å². The number of amides is 7. The van der Waals surface area contributed by atoms with Crippen LogP contribution in [0.5, 0.6) is 5.75 Å². The number of aliphatic hydroxyl groups is 1. The number of phenolic OH excluding ortho intramolecular Hbond substituents is 1. The summed E-state index contributed by atoms with van der Waals surface area (Å²) < 4.78 is 0. The van der Waals surface area contributed by atoms with Crippen LogP contribution < -0.4 is 72.9 Å². The number of guanidine groups is 2. The van der Waals surface area contributed by atoms with Crippen molar-refractivity contribution in [1.29, 1.82) is 0 Å². The number of ketones is 5. The molecule has 0 heterocycles. The van der Waals surface area contributed by atoms with Crippen LogP contribution in [0.4, 0.5) is 0 Å². The Morgan fingerprint density at radius 1 is 0.426 bits per heavy atom. The van der Waals surface area contributed by atoms with Crippen LogP contribution in [0.15, 0.2) is 34.3 Å². The van der Waals surface area contributed by atoms with E-state index in [9.17, 15) is 67.7 Å². The van der Waals surface area contributed by atoms with Crippen molar-refractivity contribution in [3.63, 3.8) is 0 Å². The Kier molecular flexibility index (Phi) is 41.3. The first kappa shape index (κ1) is 84.1. The number of aliphatic hydroxyl groups excluding tert-OH is 1. The molecule has 0 saturated heterocycles. The van der Waals surface area contributed by atoms with E-state index < -0.39 is 156 Å². The summed E-state index contributed by atoms with van der Waals surface area (Å²) in [5, 5.41) is 31.1. The highest BCUT2D eigenvalue weighted by Crippen LogP contribution is 2.26. The van der Waals surface area contributed by atoms with Crippen molar-refractivity contribution in [3.05, 3.63) is 29.8 Å². The summed E-state index contributed by atoms with van der Waals surface area (Å²) in [5.74, 6) is -14.8. The number of carbonyl (C=O) groups is 12. The van der Waals surface area contributed by atoms with Crippen molar-refractivity contribution < 1.29 is 67.7 Å². The van der Waals surface area contributed by atoms with Crippen molar-refractivity contribution in [2.45, 2.75) is 206 Å². The van der Waals surface area contributed by atoms with Gasteiger partial charge in [-0.15, -0.1) is 0 Å². The minimum Gasteiger partial charge on any atom is -0.508 e. The lowest BCUT2D eigenvalue weighted by molar-refractivity contribution is -0.136. The van der Waals surface area contributed by atoms with E-state index >= 15 is 0 Å². The third-order valence-electron chi connectivity index (χ3n) is 16.3. The van der Waals surface area contributed by atoms with E-state index in [0.29, 0.717) is 57.1 Å². The van der Waals surface area contributed by atoms with Gasteiger partial charge in [0.25, 0.3) is 0 Å². The van der Waals surface area contributed by atoms with Crippen molar-refractivity contribution in [3.8, 4) is 5.75 Å². The van der Waals surface area contributed by atoms with Crippen molar-refractivity contribution in [2.75, 3.05) is 32.8 Å². The van der Waals surface area contributed by atoms with E-state index in [0.717, 1.165) is 0 Å². The standard InChI is InChI=1S/C65H111N15O14/c1-38(2)29-44(62(93)77-48(15-7-10-26-67)55(86)36-46(37-81)59(70)90)34-56(87)51(30-39(3)4)80-60(91)42(14-6-9-25-66)33-53(84)49(16-8-11-27-75-64(71)72)78-63(94)45(31-41-17-20-47(82)21-18-41)35-54(85)50(22-24-58(69)89)79-61(92)43(19-23-57(68)88)32-52(83)40(5)13-12-28-76-65(73)74/h17-18,20-21,38-40,42-46,48-51,81-82H,6-16,19,22-37,66-67H2,1-5H3,(H2,68,88)(H2,69,89)(H2,70,90)(H,77,93)(H,78,94)(H,79,92)(H,80,91)(H4,71,72,75)(H4,73,74,76)/t40-,42+,43+,44+,45+,46-,48-,49-,50-,51-/m0/s1. The molecule has 1 aromatic carbocycles. The summed E-state index contributed by atoms with van der Waals surface area (Å²) >= 11 is 0. The molecule has 0 aliphatic carbocycles. The van der Waals surface area contributed by atoms with Gasteiger partial charge in [-0.3, -0.25) is 67.5 Å². The maximum Gasteiger partial charge on any atom is 0.224 e. The lowest BCUT2D eigenvalue weighted by Gasteiger charge is -2.28. The number of rotatable bonds is 54. The molecule has 530 valence electrons. The molecule has 29 nitrogen and oxygen atoms in total. The summed E-state index contributed by atoms with van der Waals surface area (Å²) in [5.41, 5.74) is 50.5. The van der Waals surface area contributed by atoms with Gasteiger partial charge in [-0.25, -0.2) is 0 Å².